The van der Waals surface area contributed by atoms with E-state index in [9.17, 15) is 4.39 Å². The smallest absolute Gasteiger partial charge is 0.141 e. The molecule has 0 spiro atoms. The van der Waals surface area contributed by atoms with Crippen LogP contribution >= 0.6 is 24.0 Å². The zero-order chi connectivity index (χ0) is 11.5. The minimum Gasteiger partial charge on any atom is -0.381 e. The summed E-state index contributed by atoms with van der Waals surface area (Å²) >= 11 is 5.74. The summed E-state index contributed by atoms with van der Waals surface area (Å²) in [6.07, 6.45) is 1.91. The first-order valence-electron chi connectivity index (χ1n) is 5.47. The summed E-state index contributed by atoms with van der Waals surface area (Å²) in [5.74, 6) is -0.000118. The molecular formula is C12H16Cl2FNO. The minimum absolute atomic E-state index is 0. The van der Waals surface area contributed by atoms with Crippen molar-refractivity contribution in [3.63, 3.8) is 0 Å². The van der Waals surface area contributed by atoms with Gasteiger partial charge in [0.2, 0.25) is 0 Å². The fourth-order valence-electron chi connectivity index (χ4n) is 2.07. The highest BCUT2D eigenvalue weighted by atomic mass is 35.5. The summed E-state index contributed by atoms with van der Waals surface area (Å²) in [5, 5.41) is 0.139. The third kappa shape index (κ3) is 3.55. The van der Waals surface area contributed by atoms with Crippen molar-refractivity contribution in [2.75, 3.05) is 13.2 Å². The largest absolute Gasteiger partial charge is 0.381 e. The highest BCUT2D eigenvalue weighted by Crippen LogP contribution is 2.29. The van der Waals surface area contributed by atoms with Gasteiger partial charge in [0.05, 0.1) is 5.02 Å². The maximum atomic E-state index is 13.0. The second kappa shape index (κ2) is 6.55. The highest BCUT2D eigenvalue weighted by Gasteiger charge is 2.22. The summed E-state index contributed by atoms with van der Waals surface area (Å²) in [4.78, 5) is 0. The van der Waals surface area contributed by atoms with Crippen LogP contribution in [0.15, 0.2) is 18.2 Å². The Kier molecular flexibility index (Phi) is 5.67. The van der Waals surface area contributed by atoms with Gasteiger partial charge in [-0.1, -0.05) is 17.7 Å². The van der Waals surface area contributed by atoms with Gasteiger partial charge < -0.3 is 10.5 Å². The maximum absolute atomic E-state index is 13.0. The average molecular weight is 280 g/mol. The van der Waals surface area contributed by atoms with E-state index in [-0.39, 0.29) is 23.5 Å². The summed E-state index contributed by atoms with van der Waals surface area (Å²) in [6.45, 7) is 1.51. The SMILES string of the molecule is Cl.N[C@H](c1ccc(F)c(Cl)c1)C1CCOCC1. The van der Waals surface area contributed by atoms with Gasteiger partial charge in [-0.15, -0.1) is 12.4 Å². The fourth-order valence-corrected chi connectivity index (χ4v) is 2.26. The van der Waals surface area contributed by atoms with Crippen molar-refractivity contribution >= 4 is 24.0 Å². The quantitative estimate of drug-likeness (QED) is 0.901. The molecule has 0 saturated carbocycles. The summed E-state index contributed by atoms with van der Waals surface area (Å²) < 4.78 is 18.3. The van der Waals surface area contributed by atoms with Gasteiger partial charge in [-0.3, -0.25) is 0 Å². The van der Waals surface area contributed by atoms with E-state index in [1.54, 1.807) is 12.1 Å². The summed E-state index contributed by atoms with van der Waals surface area (Å²) in [7, 11) is 0. The monoisotopic (exact) mass is 279 g/mol. The number of rotatable bonds is 2. The molecule has 1 fully saturated rings. The van der Waals surface area contributed by atoms with E-state index in [0.29, 0.717) is 5.92 Å². The molecule has 0 amide bonds. The lowest BCUT2D eigenvalue weighted by molar-refractivity contribution is 0.0584. The normalized spacial score (nSPS) is 18.5. The Morgan fingerprint density at radius 2 is 2.00 bits per heavy atom. The Bertz CT molecular complexity index is 370. The first-order valence-corrected chi connectivity index (χ1v) is 5.84. The first kappa shape index (κ1) is 14.7. The van der Waals surface area contributed by atoms with Crippen LogP contribution in [0.3, 0.4) is 0 Å². The van der Waals surface area contributed by atoms with Crippen molar-refractivity contribution in [3.8, 4) is 0 Å². The molecule has 2 rings (SSSR count). The second-order valence-corrected chi connectivity index (χ2v) is 4.56. The molecule has 0 aliphatic carbocycles. The van der Waals surface area contributed by atoms with Crippen LogP contribution in [0.5, 0.6) is 0 Å². The average Bonchev–Trinajstić information content (AvgIpc) is 2.33. The molecule has 0 aromatic heterocycles. The minimum atomic E-state index is -0.399. The number of ether oxygens (including phenoxy) is 1. The van der Waals surface area contributed by atoms with Gasteiger partial charge in [0, 0.05) is 19.3 Å². The van der Waals surface area contributed by atoms with E-state index in [4.69, 9.17) is 22.1 Å². The summed E-state index contributed by atoms with van der Waals surface area (Å²) in [6, 6.07) is 4.62. The topological polar surface area (TPSA) is 35.2 Å². The van der Waals surface area contributed by atoms with Gasteiger partial charge in [0.1, 0.15) is 5.82 Å². The second-order valence-electron chi connectivity index (χ2n) is 4.15. The van der Waals surface area contributed by atoms with E-state index < -0.39 is 5.82 Å². The van der Waals surface area contributed by atoms with Crippen LogP contribution in [0.25, 0.3) is 0 Å². The summed E-state index contributed by atoms with van der Waals surface area (Å²) in [5.41, 5.74) is 7.05. The number of nitrogens with two attached hydrogens (primary N) is 1. The Labute approximate surface area is 112 Å². The van der Waals surface area contributed by atoms with Crippen LogP contribution in [0, 0.1) is 11.7 Å². The predicted molar refractivity (Wildman–Crippen MR) is 69.1 cm³/mol. The fraction of sp³-hybridized carbons (Fsp3) is 0.500. The molecule has 0 bridgehead atoms. The third-order valence-corrected chi connectivity index (χ3v) is 3.39. The van der Waals surface area contributed by atoms with Gasteiger partial charge in [-0.05, 0) is 36.5 Å². The molecule has 0 unspecified atom stereocenters. The molecule has 2 nitrogen and oxygen atoms in total. The molecule has 1 heterocycles. The molecule has 5 heteroatoms. The van der Waals surface area contributed by atoms with Gasteiger partial charge >= 0.3 is 0 Å². The maximum Gasteiger partial charge on any atom is 0.141 e. The van der Waals surface area contributed by atoms with Crippen LogP contribution in [-0.4, -0.2) is 13.2 Å². The van der Waals surface area contributed by atoms with E-state index in [0.717, 1.165) is 31.6 Å². The van der Waals surface area contributed by atoms with Gasteiger partial charge in [0.25, 0.3) is 0 Å². The lowest BCUT2D eigenvalue weighted by atomic mass is 9.88. The Hall–Kier alpha value is -0.350. The number of hydrogen-bond acceptors (Lipinski definition) is 2. The Balaban J connectivity index is 0.00000144. The predicted octanol–water partition coefficient (Wildman–Crippen LogP) is 3.33. The van der Waals surface area contributed by atoms with Crippen molar-refractivity contribution in [3.05, 3.63) is 34.6 Å². The van der Waals surface area contributed by atoms with E-state index in [2.05, 4.69) is 0 Å². The lowest BCUT2D eigenvalue weighted by Gasteiger charge is -2.27. The standard InChI is InChI=1S/C12H15ClFNO.ClH/c13-10-7-9(1-2-11(10)14)12(15)8-3-5-16-6-4-8;/h1-2,7-8,12H,3-6,15H2;1H/t12-;/m0./s1. The Morgan fingerprint density at radius 1 is 1.35 bits per heavy atom. The van der Waals surface area contributed by atoms with Crippen molar-refractivity contribution < 1.29 is 9.13 Å². The van der Waals surface area contributed by atoms with E-state index in [1.807, 2.05) is 0 Å². The van der Waals surface area contributed by atoms with Crippen molar-refractivity contribution in [1.82, 2.24) is 0 Å². The molecule has 0 radical (unpaired) electrons. The molecule has 1 atom stereocenters. The van der Waals surface area contributed by atoms with Crippen molar-refractivity contribution in [2.45, 2.75) is 18.9 Å². The highest BCUT2D eigenvalue weighted by molar-refractivity contribution is 6.30. The van der Waals surface area contributed by atoms with Crippen molar-refractivity contribution in [1.29, 1.82) is 0 Å². The molecule has 1 aliphatic heterocycles. The third-order valence-electron chi connectivity index (χ3n) is 3.10. The van der Waals surface area contributed by atoms with Crippen molar-refractivity contribution in [2.24, 2.45) is 11.7 Å². The van der Waals surface area contributed by atoms with Crippen LogP contribution < -0.4 is 5.73 Å². The zero-order valence-electron chi connectivity index (χ0n) is 9.36. The van der Waals surface area contributed by atoms with Gasteiger partial charge in [-0.25, -0.2) is 4.39 Å². The lowest BCUT2D eigenvalue weighted by Crippen LogP contribution is -2.27. The van der Waals surface area contributed by atoms with E-state index >= 15 is 0 Å². The number of benzene rings is 1. The molecule has 1 aliphatic rings. The molecule has 2 N–H and O–H groups in total. The molecule has 96 valence electrons. The number of hydrogen-bond donors (Lipinski definition) is 1. The molecule has 1 saturated heterocycles. The van der Waals surface area contributed by atoms with E-state index in [1.165, 1.54) is 6.07 Å². The molecule has 1 aromatic rings. The first-order chi connectivity index (χ1) is 7.68. The van der Waals surface area contributed by atoms with Crippen LogP contribution in [0.2, 0.25) is 5.02 Å². The Morgan fingerprint density at radius 3 is 2.59 bits per heavy atom. The molecular weight excluding hydrogens is 264 g/mol. The zero-order valence-corrected chi connectivity index (χ0v) is 10.9. The van der Waals surface area contributed by atoms with Gasteiger partial charge in [0.15, 0.2) is 0 Å². The van der Waals surface area contributed by atoms with Crippen LogP contribution in [0.1, 0.15) is 24.4 Å². The van der Waals surface area contributed by atoms with Crippen LogP contribution in [0.4, 0.5) is 4.39 Å². The van der Waals surface area contributed by atoms with Crippen LogP contribution in [-0.2, 0) is 4.74 Å². The number of halogens is 3. The van der Waals surface area contributed by atoms with Gasteiger partial charge in [-0.2, -0.15) is 0 Å². The molecule has 1 aromatic carbocycles. The molecule has 17 heavy (non-hydrogen) atoms.